The number of hydrogen-bond donors (Lipinski definition) is 0. The molecule has 138 valence electrons. The molecule has 0 atom stereocenters. The van der Waals surface area contributed by atoms with E-state index in [0.29, 0.717) is 5.69 Å². The van der Waals surface area contributed by atoms with Crippen LogP contribution in [0.5, 0.6) is 5.88 Å². The van der Waals surface area contributed by atoms with Crippen molar-refractivity contribution in [3.8, 4) is 5.88 Å². The minimum absolute atomic E-state index is 0.00171. The molecule has 0 saturated carbocycles. The second kappa shape index (κ2) is 6.87. The molecule has 0 spiro atoms. The second-order valence-corrected chi connectivity index (χ2v) is 7.19. The minimum atomic E-state index is -0.774. The van der Waals surface area contributed by atoms with E-state index in [4.69, 9.17) is 16.3 Å². The van der Waals surface area contributed by atoms with Gasteiger partial charge in [0, 0.05) is 24.7 Å². The van der Waals surface area contributed by atoms with Gasteiger partial charge in [0.2, 0.25) is 11.7 Å². The number of carbonyl (C=O) groups is 2. The smallest absolute Gasteiger partial charge is 0.317 e. The van der Waals surface area contributed by atoms with Crippen LogP contribution >= 0.6 is 11.6 Å². The van der Waals surface area contributed by atoms with Crippen LogP contribution in [0.15, 0.2) is 18.2 Å². The average molecular weight is 380 g/mol. The lowest BCUT2D eigenvalue weighted by Crippen LogP contribution is -2.27. The minimum Gasteiger partial charge on any atom is -0.407 e. The number of benzene rings is 1. The molecule has 0 N–H and O–H groups in total. The topological polar surface area (TPSA) is 104 Å². The van der Waals surface area contributed by atoms with E-state index < -0.39 is 22.1 Å². The number of ketones is 1. The molecule has 0 aliphatic heterocycles. The lowest BCUT2D eigenvalue weighted by Gasteiger charge is -2.17. The van der Waals surface area contributed by atoms with Gasteiger partial charge < -0.3 is 4.74 Å². The maximum absolute atomic E-state index is 12.9. The van der Waals surface area contributed by atoms with Gasteiger partial charge in [-0.1, -0.05) is 11.6 Å². The zero-order valence-electron chi connectivity index (χ0n) is 15.0. The van der Waals surface area contributed by atoms with Crippen molar-refractivity contribution < 1.29 is 19.2 Å². The Morgan fingerprint density at radius 1 is 1.31 bits per heavy atom. The highest BCUT2D eigenvalue weighted by molar-refractivity contribution is 6.35. The number of nitrogens with zero attached hydrogens (tertiary/aromatic N) is 3. The highest BCUT2D eigenvalue weighted by Crippen LogP contribution is 2.31. The molecule has 0 bridgehead atoms. The van der Waals surface area contributed by atoms with Crippen molar-refractivity contribution in [2.75, 3.05) is 0 Å². The van der Waals surface area contributed by atoms with Crippen LogP contribution in [0.3, 0.4) is 0 Å². The Morgan fingerprint density at radius 2 is 1.92 bits per heavy atom. The molecule has 1 aromatic heterocycles. The summed E-state index contributed by atoms with van der Waals surface area (Å²) in [4.78, 5) is 35.4. The van der Waals surface area contributed by atoms with Gasteiger partial charge in [0.1, 0.15) is 5.56 Å². The van der Waals surface area contributed by atoms with E-state index in [1.54, 1.807) is 34.7 Å². The zero-order chi connectivity index (χ0) is 19.8. The third-order valence-corrected chi connectivity index (χ3v) is 3.92. The van der Waals surface area contributed by atoms with Crippen molar-refractivity contribution in [2.24, 2.45) is 12.5 Å². The lowest BCUT2D eigenvalue weighted by molar-refractivity contribution is -0.384. The number of hydrogen-bond acceptors (Lipinski definition) is 6. The monoisotopic (exact) mass is 379 g/mol. The lowest BCUT2D eigenvalue weighted by atomic mass is 9.97. The van der Waals surface area contributed by atoms with Gasteiger partial charge in [-0.2, -0.15) is 5.10 Å². The number of nitro benzene ring substituents is 1. The third-order valence-electron chi connectivity index (χ3n) is 3.61. The molecule has 1 heterocycles. The highest BCUT2D eigenvalue weighted by Gasteiger charge is 2.30. The van der Waals surface area contributed by atoms with E-state index in [9.17, 15) is 19.7 Å². The summed E-state index contributed by atoms with van der Waals surface area (Å²) in [5.74, 6) is -1.06. The summed E-state index contributed by atoms with van der Waals surface area (Å²) in [5, 5.41) is 14.9. The van der Waals surface area contributed by atoms with Gasteiger partial charge in [0.05, 0.1) is 21.1 Å². The Bertz CT molecular complexity index is 912. The quantitative estimate of drug-likeness (QED) is 0.348. The van der Waals surface area contributed by atoms with Crippen molar-refractivity contribution in [1.82, 2.24) is 9.78 Å². The fourth-order valence-corrected chi connectivity index (χ4v) is 2.45. The average Bonchev–Trinajstić information content (AvgIpc) is 2.79. The largest absolute Gasteiger partial charge is 0.407 e. The Labute approximate surface area is 154 Å². The highest BCUT2D eigenvalue weighted by atomic mass is 35.5. The number of carbonyl (C=O) groups excluding carboxylic acids is 2. The number of rotatable bonds is 4. The SMILES string of the molecule is Cc1nn(C)c(OC(=O)C(C)(C)C)c1C(=O)c1ccc([N+](=O)[O-])cc1Cl. The van der Waals surface area contributed by atoms with Crippen molar-refractivity contribution >= 4 is 29.0 Å². The van der Waals surface area contributed by atoms with Crippen LogP contribution < -0.4 is 4.74 Å². The zero-order valence-corrected chi connectivity index (χ0v) is 15.7. The number of aromatic nitrogens is 2. The molecule has 0 aliphatic rings. The fourth-order valence-electron chi connectivity index (χ4n) is 2.19. The Hall–Kier alpha value is -2.74. The van der Waals surface area contributed by atoms with E-state index in [-0.39, 0.29) is 27.7 Å². The predicted molar refractivity (Wildman–Crippen MR) is 94.6 cm³/mol. The van der Waals surface area contributed by atoms with Crippen molar-refractivity contribution in [1.29, 1.82) is 0 Å². The van der Waals surface area contributed by atoms with Gasteiger partial charge in [-0.25, -0.2) is 4.68 Å². The number of aryl methyl sites for hydroxylation is 2. The van der Waals surface area contributed by atoms with E-state index in [0.717, 1.165) is 6.07 Å². The van der Waals surface area contributed by atoms with Gasteiger partial charge in [0.15, 0.2) is 0 Å². The van der Waals surface area contributed by atoms with Crippen molar-refractivity contribution in [2.45, 2.75) is 27.7 Å². The van der Waals surface area contributed by atoms with Crippen molar-refractivity contribution in [3.05, 3.63) is 50.2 Å². The van der Waals surface area contributed by atoms with Crippen LogP contribution in [0.4, 0.5) is 5.69 Å². The Kier molecular flexibility index (Phi) is 5.18. The summed E-state index contributed by atoms with van der Waals surface area (Å²) in [7, 11) is 1.55. The van der Waals surface area contributed by atoms with Crippen molar-refractivity contribution in [3.63, 3.8) is 0 Å². The molecule has 0 fully saturated rings. The predicted octanol–water partition coefficient (Wildman–Crippen LogP) is 3.47. The molecule has 26 heavy (non-hydrogen) atoms. The number of ether oxygens (including phenoxy) is 1. The number of non-ortho nitro benzene ring substituents is 1. The summed E-state index contributed by atoms with van der Waals surface area (Å²) >= 11 is 6.05. The summed E-state index contributed by atoms with van der Waals surface area (Å²) in [6.45, 7) is 6.66. The third kappa shape index (κ3) is 3.75. The van der Waals surface area contributed by atoms with Gasteiger partial charge in [0.25, 0.3) is 5.69 Å². The molecular formula is C17H18ClN3O5. The number of halogens is 1. The second-order valence-electron chi connectivity index (χ2n) is 6.78. The van der Waals surface area contributed by atoms with Crippen LogP contribution in [0.1, 0.15) is 42.4 Å². The molecule has 0 amide bonds. The van der Waals surface area contributed by atoms with E-state index >= 15 is 0 Å². The molecule has 0 aliphatic carbocycles. The number of esters is 1. The van der Waals surface area contributed by atoms with Crippen LogP contribution in [-0.2, 0) is 11.8 Å². The van der Waals surface area contributed by atoms with E-state index in [2.05, 4.69) is 5.10 Å². The van der Waals surface area contributed by atoms with Crippen LogP contribution in [-0.4, -0.2) is 26.5 Å². The van der Waals surface area contributed by atoms with Gasteiger partial charge >= 0.3 is 5.97 Å². The first-order valence-corrected chi connectivity index (χ1v) is 8.05. The Balaban J connectivity index is 2.50. The molecule has 2 rings (SSSR count). The summed E-state index contributed by atoms with van der Waals surface area (Å²) in [6.07, 6.45) is 0. The number of nitro groups is 1. The molecule has 8 nitrogen and oxygen atoms in total. The van der Waals surface area contributed by atoms with Gasteiger partial charge in [-0.05, 0) is 33.8 Å². The maximum Gasteiger partial charge on any atom is 0.317 e. The summed E-state index contributed by atoms with van der Waals surface area (Å²) < 4.78 is 6.69. The Morgan fingerprint density at radius 3 is 2.42 bits per heavy atom. The normalized spacial score (nSPS) is 11.3. The standard InChI is InChI=1S/C17H18ClN3O5/c1-9-13(15(20(5)19-9)26-16(23)17(2,3)4)14(22)11-7-6-10(21(24)25)8-12(11)18/h6-8H,1-5H3. The molecule has 2 aromatic rings. The van der Waals surface area contributed by atoms with Crippen LogP contribution in [0.25, 0.3) is 0 Å². The maximum atomic E-state index is 12.9. The molecular weight excluding hydrogens is 362 g/mol. The molecule has 0 unspecified atom stereocenters. The van der Waals surface area contributed by atoms with Crippen LogP contribution in [0, 0.1) is 22.5 Å². The van der Waals surface area contributed by atoms with E-state index in [1.165, 1.54) is 16.8 Å². The first kappa shape index (κ1) is 19.6. The fraction of sp³-hybridized carbons (Fsp3) is 0.353. The van der Waals surface area contributed by atoms with Gasteiger partial charge in [-0.3, -0.25) is 19.7 Å². The van der Waals surface area contributed by atoms with E-state index in [1.807, 2.05) is 0 Å². The molecule has 1 aromatic carbocycles. The molecule has 9 heteroatoms. The first-order chi connectivity index (χ1) is 11.9. The first-order valence-electron chi connectivity index (χ1n) is 7.68. The summed E-state index contributed by atoms with van der Waals surface area (Å²) in [6, 6.07) is 3.55. The van der Waals surface area contributed by atoms with Crippen LogP contribution in [0.2, 0.25) is 5.02 Å². The van der Waals surface area contributed by atoms with Gasteiger partial charge in [-0.15, -0.1) is 0 Å². The summed E-state index contributed by atoms with van der Waals surface area (Å²) in [5.41, 5.74) is -0.511. The molecule has 0 saturated heterocycles. The molecule has 0 radical (unpaired) electrons.